The van der Waals surface area contributed by atoms with Gasteiger partial charge in [-0.15, -0.1) is 0 Å². The summed E-state index contributed by atoms with van der Waals surface area (Å²) in [5.41, 5.74) is 5.19. The molecule has 2 atom stereocenters. The van der Waals surface area contributed by atoms with Crippen molar-refractivity contribution in [3.05, 3.63) is 16.4 Å². The average Bonchev–Trinajstić information content (AvgIpc) is 2.36. The minimum atomic E-state index is -0.590. The van der Waals surface area contributed by atoms with Gasteiger partial charge in [-0.25, -0.2) is 9.97 Å². The fourth-order valence-corrected chi connectivity index (χ4v) is 2.39. The lowest BCUT2D eigenvalue weighted by Crippen LogP contribution is -2.25. The summed E-state index contributed by atoms with van der Waals surface area (Å²) in [5, 5.41) is 23.4. The second-order valence-electron chi connectivity index (χ2n) is 4.78. The molecule has 4 N–H and O–H groups in total. The van der Waals surface area contributed by atoms with Crippen LogP contribution in [0.15, 0.2) is 6.33 Å². The van der Waals surface area contributed by atoms with Crippen LogP contribution < -0.4 is 11.1 Å². The first-order chi connectivity index (χ1) is 9.08. The smallest absolute Gasteiger partial charge is 0.352 e. The van der Waals surface area contributed by atoms with Crippen LogP contribution in [-0.4, -0.2) is 32.6 Å². The first kappa shape index (κ1) is 13.5. The van der Waals surface area contributed by atoms with Gasteiger partial charge in [0.05, 0.1) is 11.0 Å². The third-order valence-electron chi connectivity index (χ3n) is 3.35. The molecular formula is C11H17N5O3. The van der Waals surface area contributed by atoms with E-state index in [0.717, 1.165) is 19.3 Å². The maximum Gasteiger partial charge on any atom is 0.352 e. The van der Waals surface area contributed by atoms with Crippen LogP contribution >= 0.6 is 0 Å². The van der Waals surface area contributed by atoms with Gasteiger partial charge in [-0.2, -0.15) is 0 Å². The largest absolute Gasteiger partial charge is 0.393 e. The molecule has 0 spiro atoms. The van der Waals surface area contributed by atoms with Crippen molar-refractivity contribution in [2.24, 2.45) is 5.92 Å². The summed E-state index contributed by atoms with van der Waals surface area (Å²) in [5.74, 6) is 0.281. The molecule has 8 heteroatoms. The summed E-state index contributed by atoms with van der Waals surface area (Å²) in [6.07, 6.45) is 4.43. The lowest BCUT2D eigenvalue weighted by Gasteiger charge is -2.25. The molecule has 1 aliphatic rings. The molecule has 0 aromatic carbocycles. The first-order valence-corrected chi connectivity index (χ1v) is 6.24. The van der Waals surface area contributed by atoms with Crippen molar-refractivity contribution in [2.75, 3.05) is 17.6 Å². The van der Waals surface area contributed by atoms with Crippen LogP contribution in [0.1, 0.15) is 25.7 Å². The number of nitrogens with one attached hydrogen (secondary N) is 1. The van der Waals surface area contributed by atoms with Crippen LogP contribution in [0.25, 0.3) is 0 Å². The van der Waals surface area contributed by atoms with Crippen molar-refractivity contribution in [2.45, 2.75) is 31.8 Å². The Balaban J connectivity index is 2.03. The Morgan fingerprint density at radius 1 is 1.53 bits per heavy atom. The number of nitrogens with zero attached hydrogens (tertiary/aromatic N) is 3. The van der Waals surface area contributed by atoms with Crippen molar-refractivity contribution >= 4 is 17.3 Å². The molecule has 1 saturated carbocycles. The van der Waals surface area contributed by atoms with Crippen LogP contribution in [0.2, 0.25) is 0 Å². The van der Waals surface area contributed by atoms with Crippen molar-refractivity contribution in [3.8, 4) is 0 Å². The number of rotatable bonds is 4. The minimum absolute atomic E-state index is 0.137. The number of aromatic nitrogens is 2. The van der Waals surface area contributed by atoms with Gasteiger partial charge in [0.1, 0.15) is 6.33 Å². The van der Waals surface area contributed by atoms with Crippen LogP contribution in [-0.2, 0) is 0 Å². The standard InChI is InChI=1S/C11H17N5O3/c12-10-9(16(18)19)11(15-6-14-10)13-5-7-2-1-3-8(17)4-7/h6-8,17H,1-5H2,(H3,12,13,14,15). The van der Waals surface area contributed by atoms with Gasteiger partial charge in [0.2, 0.25) is 11.6 Å². The van der Waals surface area contributed by atoms with Crippen molar-refractivity contribution in [1.82, 2.24) is 9.97 Å². The van der Waals surface area contributed by atoms with Gasteiger partial charge in [0, 0.05) is 6.54 Å². The minimum Gasteiger partial charge on any atom is -0.393 e. The molecule has 0 aliphatic heterocycles. The maximum atomic E-state index is 10.9. The Morgan fingerprint density at radius 3 is 3.00 bits per heavy atom. The molecule has 1 aliphatic carbocycles. The fourth-order valence-electron chi connectivity index (χ4n) is 2.39. The highest BCUT2D eigenvalue weighted by atomic mass is 16.6. The zero-order valence-electron chi connectivity index (χ0n) is 10.5. The molecule has 0 saturated heterocycles. The zero-order chi connectivity index (χ0) is 13.8. The van der Waals surface area contributed by atoms with E-state index in [4.69, 9.17) is 5.73 Å². The molecule has 1 heterocycles. The van der Waals surface area contributed by atoms with Crippen LogP contribution in [0.3, 0.4) is 0 Å². The topological polar surface area (TPSA) is 127 Å². The quantitative estimate of drug-likeness (QED) is 0.547. The van der Waals surface area contributed by atoms with E-state index < -0.39 is 4.92 Å². The van der Waals surface area contributed by atoms with Gasteiger partial charge in [-0.3, -0.25) is 10.1 Å². The number of nitro groups is 1. The normalized spacial score (nSPS) is 23.0. The number of nitrogens with two attached hydrogens (primary N) is 1. The predicted octanol–water partition coefficient (Wildman–Crippen LogP) is 0.930. The molecule has 8 nitrogen and oxygen atoms in total. The summed E-state index contributed by atoms with van der Waals surface area (Å²) in [6, 6.07) is 0. The number of anilines is 2. The molecule has 0 bridgehead atoms. The Kier molecular flexibility index (Phi) is 4.10. The monoisotopic (exact) mass is 267 g/mol. The van der Waals surface area contributed by atoms with Gasteiger partial charge in [0.15, 0.2) is 0 Å². The summed E-state index contributed by atoms with van der Waals surface area (Å²) in [4.78, 5) is 17.8. The molecule has 1 aromatic heterocycles. The van der Waals surface area contributed by atoms with E-state index in [1.165, 1.54) is 6.33 Å². The Morgan fingerprint density at radius 2 is 2.32 bits per heavy atom. The van der Waals surface area contributed by atoms with Gasteiger partial charge in [0.25, 0.3) is 0 Å². The predicted molar refractivity (Wildman–Crippen MR) is 69.6 cm³/mol. The van der Waals surface area contributed by atoms with Crippen LogP contribution in [0, 0.1) is 16.0 Å². The number of aliphatic hydroxyl groups is 1. The summed E-state index contributed by atoms with van der Waals surface area (Å²) < 4.78 is 0. The highest BCUT2D eigenvalue weighted by Gasteiger charge is 2.24. The second-order valence-corrected chi connectivity index (χ2v) is 4.78. The SMILES string of the molecule is Nc1ncnc(NCC2CCCC(O)C2)c1[N+](=O)[O-]. The van der Waals surface area contributed by atoms with Gasteiger partial charge >= 0.3 is 5.69 Å². The number of nitrogen functional groups attached to an aromatic ring is 1. The van der Waals surface area contributed by atoms with E-state index >= 15 is 0 Å². The summed E-state index contributed by atoms with van der Waals surface area (Å²) in [7, 11) is 0. The number of hydrogen-bond donors (Lipinski definition) is 3. The molecule has 2 rings (SSSR count). The van der Waals surface area contributed by atoms with E-state index in [1.807, 2.05) is 0 Å². The molecule has 1 aromatic rings. The summed E-state index contributed by atoms with van der Waals surface area (Å²) >= 11 is 0. The van der Waals surface area contributed by atoms with E-state index in [0.29, 0.717) is 18.9 Å². The average molecular weight is 267 g/mol. The molecule has 1 fully saturated rings. The van der Waals surface area contributed by atoms with Crippen LogP contribution in [0.5, 0.6) is 0 Å². The third-order valence-corrected chi connectivity index (χ3v) is 3.35. The van der Waals surface area contributed by atoms with E-state index in [1.54, 1.807) is 0 Å². The van der Waals surface area contributed by atoms with Crippen molar-refractivity contribution in [3.63, 3.8) is 0 Å². The van der Waals surface area contributed by atoms with Gasteiger partial charge in [-0.1, -0.05) is 6.42 Å². The lowest BCUT2D eigenvalue weighted by molar-refractivity contribution is -0.383. The van der Waals surface area contributed by atoms with E-state index in [9.17, 15) is 15.2 Å². The molecule has 0 radical (unpaired) electrons. The molecule has 2 unspecified atom stereocenters. The maximum absolute atomic E-state index is 10.9. The fraction of sp³-hybridized carbons (Fsp3) is 0.636. The summed E-state index contributed by atoms with van der Waals surface area (Å²) in [6.45, 7) is 0.536. The molecular weight excluding hydrogens is 250 g/mol. The molecule has 104 valence electrons. The Hall–Kier alpha value is -1.96. The Labute approximate surface area is 110 Å². The second kappa shape index (κ2) is 5.79. The number of aliphatic hydroxyl groups excluding tert-OH is 1. The highest BCUT2D eigenvalue weighted by Crippen LogP contribution is 2.28. The first-order valence-electron chi connectivity index (χ1n) is 6.24. The van der Waals surface area contributed by atoms with Crippen molar-refractivity contribution in [1.29, 1.82) is 0 Å². The van der Waals surface area contributed by atoms with Crippen molar-refractivity contribution < 1.29 is 10.0 Å². The Bertz CT molecular complexity index is 468. The highest BCUT2D eigenvalue weighted by molar-refractivity contribution is 5.67. The van der Waals surface area contributed by atoms with Gasteiger partial charge < -0.3 is 16.2 Å². The number of hydrogen-bond acceptors (Lipinski definition) is 7. The molecule has 0 amide bonds. The van der Waals surface area contributed by atoms with E-state index in [2.05, 4.69) is 15.3 Å². The molecule has 19 heavy (non-hydrogen) atoms. The lowest BCUT2D eigenvalue weighted by atomic mass is 9.87. The van der Waals surface area contributed by atoms with Crippen LogP contribution in [0.4, 0.5) is 17.3 Å². The van der Waals surface area contributed by atoms with E-state index in [-0.39, 0.29) is 23.4 Å². The third kappa shape index (κ3) is 3.28. The zero-order valence-corrected chi connectivity index (χ0v) is 10.5. The van der Waals surface area contributed by atoms with Gasteiger partial charge in [-0.05, 0) is 25.2 Å².